The first-order chi connectivity index (χ1) is 15.0. The number of nitrogens with zero attached hydrogens (tertiary/aromatic N) is 2. The van der Waals surface area contributed by atoms with Crippen molar-refractivity contribution in [3.8, 4) is 0 Å². The Labute approximate surface area is 185 Å². The fraction of sp³-hybridized carbons (Fsp3) is 0.227. The third kappa shape index (κ3) is 4.30. The Bertz CT molecular complexity index is 1300. The molecule has 1 aliphatic rings. The van der Waals surface area contributed by atoms with Crippen molar-refractivity contribution in [1.29, 1.82) is 0 Å². The topological polar surface area (TPSA) is 69.9 Å². The minimum Gasteiger partial charge on any atom is -0.460 e. The number of aromatic nitrogens is 1. The van der Waals surface area contributed by atoms with Gasteiger partial charge in [0.1, 0.15) is 18.5 Å². The van der Waals surface area contributed by atoms with Gasteiger partial charge in [0.15, 0.2) is 4.80 Å². The molecule has 0 saturated carbocycles. The maximum absolute atomic E-state index is 13.3. The molecule has 0 fully saturated rings. The van der Waals surface area contributed by atoms with Gasteiger partial charge in [0.05, 0.1) is 22.4 Å². The molecule has 1 unspecified atom stereocenters. The third-order valence-corrected chi connectivity index (χ3v) is 6.65. The molecule has 3 heterocycles. The van der Waals surface area contributed by atoms with E-state index < -0.39 is 12.0 Å². The molecule has 0 amide bonds. The van der Waals surface area contributed by atoms with Crippen LogP contribution in [0.25, 0.3) is 6.08 Å². The maximum Gasteiger partial charge on any atom is 0.338 e. The Morgan fingerprint density at radius 3 is 2.71 bits per heavy atom. The van der Waals surface area contributed by atoms with Crippen LogP contribution in [0, 0.1) is 5.82 Å². The van der Waals surface area contributed by atoms with Crippen molar-refractivity contribution >= 4 is 34.7 Å². The van der Waals surface area contributed by atoms with Crippen molar-refractivity contribution in [1.82, 2.24) is 4.57 Å². The molecule has 0 saturated heterocycles. The molecule has 2 aromatic heterocycles. The van der Waals surface area contributed by atoms with Crippen molar-refractivity contribution in [3.05, 3.63) is 89.0 Å². The summed E-state index contributed by atoms with van der Waals surface area (Å²) in [5.41, 5.74) is 1.28. The van der Waals surface area contributed by atoms with Crippen LogP contribution in [0.4, 0.5) is 4.39 Å². The standard InChI is InChI=1S/C22H19FN2O4S2/c1-13-18(21(27)29-10-9-28-2)19(16-4-3-11-30-16)25-20(26)17(31-22(25)24-13)12-14-5-7-15(23)8-6-14/h3-8,11-12,19H,9-10H2,1-2H3. The Kier molecular flexibility index (Phi) is 6.26. The number of carbonyl (C=O) groups is 1. The SMILES string of the molecule is COCCOC(=O)C1=C(C)N=c2sc(=Cc3ccc(F)cc3)c(=O)n2C1c1cccs1. The number of rotatable bonds is 6. The third-order valence-electron chi connectivity index (χ3n) is 4.74. The predicted molar refractivity (Wildman–Crippen MR) is 117 cm³/mol. The van der Waals surface area contributed by atoms with Crippen LogP contribution in [0.5, 0.6) is 0 Å². The van der Waals surface area contributed by atoms with Crippen molar-refractivity contribution in [2.75, 3.05) is 20.3 Å². The fourth-order valence-electron chi connectivity index (χ4n) is 3.30. The Balaban J connectivity index is 1.84. The predicted octanol–water partition coefficient (Wildman–Crippen LogP) is 2.63. The lowest BCUT2D eigenvalue weighted by atomic mass is 10.0. The number of hydrogen-bond acceptors (Lipinski definition) is 7. The van der Waals surface area contributed by atoms with Crippen LogP contribution in [0.15, 0.2) is 62.8 Å². The Morgan fingerprint density at radius 2 is 2.03 bits per heavy atom. The van der Waals surface area contributed by atoms with Gasteiger partial charge in [-0.2, -0.15) is 0 Å². The maximum atomic E-state index is 13.3. The summed E-state index contributed by atoms with van der Waals surface area (Å²) in [7, 11) is 1.53. The number of esters is 1. The van der Waals surface area contributed by atoms with E-state index in [1.54, 1.807) is 25.1 Å². The van der Waals surface area contributed by atoms with Gasteiger partial charge in [-0.3, -0.25) is 9.36 Å². The number of halogens is 1. The molecular weight excluding hydrogens is 439 g/mol. The zero-order chi connectivity index (χ0) is 22.0. The second-order valence-corrected chi connectivity index (χ2v) is 8.77. The van der Waals surface area contributed by atoms with E-state index in [1.807, 2.05) is 17.5 Å². The zero-order valence-electron chi connectivity index (χ0n) is 16.8. The number of hydrogen-bond donors (Lipinski definition) is 0. The first-order valence-electron chi connectivity index (χ1n) is 9.47. The lowest BCUT2D eigenvalue weighted by molar-refractivity contribution is -0.140. The summed E-state index contributed by atoms with van der Waals surface area (Å²) < 4.78 is 25.5. The number of thiazole rings is 1. The number of methoxy groups -OCH3 is 1. The average molecular weight is 459 g/mol. The van der Waals surface area contributed by atoms with E-state index in [0.29, 0.717) is 26.2 Å². The summed E-state index contributed by atoms with van der Waals surface area (Å²) in [6.07, 6.45) is 1.70. The van der Waals surface area contributed by atoms with E-state index >= 15 is 0 Å². The number of benzene rings is 1. The van der Waals surface area contributed by atoms with E-state index in [0.717, 1.165) is 4.88 Å². The molecule has 1 atom stereocenters. The molecule has 4 rings (SSSR count). The van der Waals surface area contributed by atoms with Crippen LogP contribution in [0.1, 0.15) is 23.4 Å². The summed E-state index contributed by atoms with van der Waals surface area (Å²) >= 11 is 2.69. The normalized spacial score (nSPS) is 16.2. The zero-order valence-corrected chi connectivity index (χ0v) is 18.5. The van der Waals surface area contributed by atoms with Gasteiger partial charge in [0.2, 0.25) is 0 Å². The summed E-state index contributed by atoms with van der Waals surface area (Å²) in [6, 6.07) is 9.03. The van der Waals surface area contributed by atoms with Crippen molar-refractivity contribution in [2.45, 2.75) is 13.0 Å². The molecule has 0 bridgehead atoms. The lowest BCUT2D eigenvalue weighted by Crippen LogP contribution is -2.39. The van der Waals surface area contributed by atoms with E-state index in [-0.39, 0.29) is 24.6 Å². The molecule has 160 valence electrons. The monoisotopic (exact) mass is 458 g/mol. The molecule has 9 heteroatoms. The summed E-state index contributed by atoms with van der Waals surface area (Å²) in [4.78, 5) is 32.1. The number of ether oxygens (including phenoxy) is 2. The van der Waals surface area contributed by atoms with Crippen LogP contribution in [-0.2, 0) is 14.3 Å². The van der Waals surface area contributed by atoms with Gasteiger partial charge in [-0.25, -0.2) is 14.2 Å². The minimum absolute atomic E-state index is 0.109. The van der Waals surface area contributed by atoms with E-state index in [4.69, 9.17) is 9.47 Å². The smallest absolute Gasteiger partial charge is 0.338 e. The largest absolute Gasteiger partial charge is 0.460 e. The van der Waals surface area contributed by atoms with E-state index in [1.165, 1.54) is 46.5 Å². The number of fused-ring (bicyclic) bond motifs is 1. The fourth-order valence-corrected chi connectivity index (χ4v) is 5.17. The van der Waals surface area contributed by atoms with Crippen molar-refractivity contribution in [2.24, 2.45) is 4.99 Å². The van der Waals surface area contributed by atoms with Crippen molar-refractivity contribution in [3.63, 3.8) is 0 Å². The van der Waals surface area contributed by atoms with Crippen LogP contribution < -0.4 is 14.9 Å². The summed E-state index contributed by atoms with van der Waals surface area (Å²) in [5.74, 6) is -0.868. The quantitative estimate of drug-likeness (QED) is 0.421. The highest BCUT2D eigenvalue weighted by Crippen LogP contribution is 2.33. The highest BCUT2D eigenvalue weighted by molar-refractivity contribution is 7.10. The first-order valence-corrected chi connectivity index (χ1v) is 11.2. The molecule has 0 spiro atoms. The Morgan fingerprint density at radius 1 is 1.26 bits per heavy atom. The summed E-state index contributed by atoms with van der Waals surface area (Å²) in [5, 5.41) is 1.90. The van der Waals surface area contributed by atoms with Crippen molar-refractivity contribution < 1.29 is 18.7 Å². The van der Waals surface area contributed by atoms with Gasteiger partial charge >= 0.3 is 5.97 Å². The van der Waals surface area contributed by atoms with Crippen LogP contribution in [0.2, 0.25) is 0 Å². The van der Waals surface area contributed by atoms with Gasteiger partial charge < -0.3 is 9.47 Å². The molecule has 3 aromatic rings. The molecule has 0 N–H and O–H groups in total. The van der Waals surface area contributed by atoms with E-state index in [2.05, 4.69) is 4.99 Å². The second kappa shape index (κ2) is 9.09. The van der Waals surface area contributed by atoms with Gasteiger partial charge in [0.25, 0.3) is 5.56 Å². The molecular formula is C22H19FN2O4S2. The van der Waals surface area contributed by atoms with Gasteiger partial charge in [-0.15, -0.1) is 11.3 Å². The molecule has 1 aromatic carbocycles. The second-order valence-electron chi connectivity index (χ2n) is 6.78. The van der Waals surface area contributed by atoms with Gasteiger partial charge in [-0.05, 0) is 42.1 Å². The highest BCUT2D eigenvalue weighted by Gasteiger charge is 2.33. The minimum atomic E-state index is -0.623. The summed E-state index contributed by atoms with van der Waals surface area (Å²) in [6.45, 7) is 2.13. The molecule has 0 aliphatic carbocycles. The number of thiophene rings is 1. The molecule has 1 aliphatic heterocycles. The van der Waals surface area contributed by atoms with Crippen LogP contribution in [-0.4, -0.2) is 30.9 Å². The molecule has 6 nitrogen and oxygen atoms in total. The van der Waals surface area contributed by atoms with Gasteiger partial charge in [0, 0.05) is 12.0 Å². The lowest BCUT2D eigenvalue weighted by Gasteiger charge is -2.23. The van der Waals surface area contributed by atoms with Crippen LogP contribution in [0.3, 0.4) is 0 Å². The first kappa shape index (κ1) is 21.4. The van der Waals surface area contributed by atoms with E-state index in [9.17, 15) is 14.0 Å². The molecule has 0 radical (unpaired) electrons. The average Bonchev–Trinajstić information content (AvgIpc) is 3.38. The molecule has 31 heavy (non-hydrogen) atoms. The number of carbonyl (C=O) groups excluding carboxylic acids is 1. The van der Waals surface area contributed by atoms with Gasteiger partial charge in [-0.1, -0.05) is 29.5 Å². The Hall–Kier alpha value is -2.88. The highest BCUT2D eigenvalue weighted by atomic mass is 32.1. The van der Waals surface area contributed by atoms with Crippen LogP contribution >= 0.6 is 22.7 Å². The number of allylic oxidation sites excluding steroid dienone is 1.